The van der Waals surface area contributed by atoms with Gasteiger partial charge in [0.2, 0.25) is 5.91 Å². The molecule has 1 N–H and O–H groups in total. The van der Waals surface area contributed by atoms with Crippen molar-refractivity contribution >= 4 is 18.3 Å². The third-order valence-corrected chi connectivity index (χ3v) is 4.05. The summed E-state index contributed by atoms with van der Waals surface area (Å²) in [5, 5.41) is 2.60. The van der Waals surface area contributed by atoms with Gasteiger partial charge in [0, 0.05) is 17.6 Å². The molecule has 0 aromatic heterocycles. The fourth-order valence-corrected chi connectivity index (χ4v) is 2.84. The van der Waals surface area contributed by atoms with E-state index in [-0.39, 0.29) is 42.5 Å². The normalized spacial score (nSPS) is 11.4. The molecular weight excluding hydrogens is 374 g/mol. The maximum Gasteiger partial charge on any atom is 0.285 e. The summed E-state index contributed by atoms with van der Waals surface area (Å²) < 4.78 is 34.4. The average Bonchev–Trinajstić information content (AvgIpc) is 2.54. The lowest BCUT2D eigenvalue weighted by Crippen LogP contribution is -2.47. The molecule has 1 aromatic carbocycles. The smallest absolute Gasteiger partial charge is 0.285 e. The molecule has 0 saturated heterocycles. The van der Waals surface area contributed by atoms with Gasteiger partial charge in [-0.1, -0.05) is 25.5 Å². The Labute approximate surface area is 168 Å². The lowest BCUT2D eigenvalue weighted by Gasteiger charge is -2.31. The molecule has 0 atom stereocenters. The van der Waals surface area contributed by atoms with Crippen LogP contribution in [0.2, 0.25) is 0 Å². The van der Waals surface area contributed by atoms with Gasteiger partial charge in [-0.05, 0) is 46.2 Å². The van der Waals surface area contributed by atoms with Crippen molar-refractivity contribution in [2.24, 2.45) is 0 Å². The van der Waals surface area contributed by atoms with Crippen LogP contribution in [0.25, 0.3) is 0 Å². The van der Waals surface area contributed by atoms with Crippen LogP contribution in [0.15, 0.2) is 24.3 Å². The van der Waals surface area contributed by atoms with Crippen molar-refractivity contribution in [2.75, 3.05) is 19.7 Å². The van der Waals surface area contributed by atoms with Crippen molar-refractivity contribution in [2.45, 2.75) is 65.5 Å². The van der Waals surface area contributed by atoms with Gasteiger partial charge in [-0.2, -0.15) is 8.78 Å². The van der Waals surface area contributed by atoms with Crippen molar-refractivity contribution in [1.82, 2.24) is 10.2 Å². The zero-order valence-electron chi connectivity index (χ0n) is 16.9. The molecule has 0 fully saturated rings. The lowest BCUT2D eigenvalue weighted by molar-refractivity contribution is -0.134. The van der Waals surface area contributed by atoms with Crippen LogP contribution in [0.5, 0.6) is 5.75 Å². The standard InChI is InChI=1S/C20H32F2N2O2.ClH/c1-6-7-11-26-18-10-8-9-17(12-18)20(21,22)14-23-13-19(25)24(15(2)3)16(4)5;/h8-10,12,15-16,23H,6-7,11,13-14H2,1-5H3;1H. The van der Waals surface area contributed by atoms with Crippen LogP contribution in [0.4, 0.5) is 8.78 Å². The number of hydrogen-bond donors (Lipinski definition) is 1. The highest BCUT2D eigenvalue weighted by Crippen LogP contribution is 2.29. The molecule has 0 aliphatic heterocycles. The van der Waals surface area contributed by atoms with E-state index >= 15 is 0 Å². The molecular formula is C20H33ClF2N2O2. The second-order valence-corrected chi connectivity index (χ2v) is 7.03. The number of rotatable bonds is 11. The Bertz CT molecular complexity index is 561. The van der Waals surface area contributed by atoms with E-state index in [2.05, 4.69) is 5.32 Å². The van der Waals surface area contributed by atoms with Crippen LogP contribution in [0.1, 0.15) is 53.0 Å². The fraction of sp³-hybridized carbons (Fsp3) is 0.650. The second kappa shape index (κ2) is 12.1. The number of alkyl halides is 2. The van der Waals surface area contributed by atoms with Crippen LogP contribution < -0.4 is 10.1 Å². The van der Waals surface area contributed by atoms with E-state index in [1.165, 1.54) is 12.1 Å². The van der Waals surface area contributed by atoms with E-state index in [9.17, 15) is 13.6 Å². The number of halogens is 3. The largest absolute Gasteiger partial charge is 0.494 e. The molecule has 0 saturated carbocycles. The Morgan fingerprint density at radius 2 is 1.85 bits per heavy atom. The molecule has 1 rings (SSSR count). The first-order valence-corrected chi connectivity index (χ1v) is 9.32. The molecule has 156 valence electrons. The molecule has 0 bridgehead atoms. The van der Waals surface area contributed by atoms with Crippen molar-refractivity contribution in [1.29, 1.82) is 0 Å². The van der Waals surface area contributed by atoms with E-state index in [4.69, 9.17) is 4.74 Å². The second-order valence-electron chi connectivity index (χ2n) is 7.03. The third-order valence-electron chi connectivity index (χ3n) is 4.05. The minimum Gasteiger partial charge on any atom is -0.494 e. The fourth-order valence-electron chi connectivity index (χ4n) is 2.84. The Balaban J connectivity index is 0.00000676. The number of nitrogens with zero attached hydrogens (tertiary/aromatic N) is 1. The summed E-state index contributed by atoms with van der Waals surface area (Å²) in [5.41, 5.74) is -0.115. The number of nitrogens with one attached hydrogen (secondary N) is 1. The summed E-state index contributed by atoms with van der Waals surface area (Å²) in [6, 6.07) is 6.05. The van der Waals surface area contributed by atoms with Crippen LogP contribution in [0, 0.1) is 0 Å². The van der Waals surface area contributed by atoms with E-state index in [0.29, 0.717) is 12.4 Å². The minimum atomic E-state index is -3.08. The zero-order chi connectivity index (χ0) is 19.7. The van der Waals surface area contributed by atoms with Gasteiger partial charge in [0.25, 0.3) is 5.92 Å². The Kier molecular flexibility index (Phi) is 11.5. The molecule has 0 spiro atoms. The molecule has 7 heteroatoms. The summed E-state index contributed by atoms with van der Waals surface area (Å²) in [4.78, 5) is 13.9. The number of carbonyl (C=O) groups is 1. The summed E-state index contributed by atoms with van der Waals surface area (Å²) >= 11 is 0. The number of hydrogen-bond acceptors (Lipinski definition) is 3. The maximum atomic E-state index is 14.5. The highest BCUT2D eigenvalue weighted by molar-refractivity contribution is 5.85. The van der Waals surface area contributed by atoms with Crippen molar-refractivity contribution in [3.05, 3.63) is 29.8 Å². The molecule has 0 radical (unpaired) electrons. The van der Waals surface area contributed by atoms with Crippen LogP contribution in [-0.2, 0) is 10.7 Å². The van der Waals surface area contributed by atoms with E-state index in [0.717, 1.165) is 12.8 Å². The van der Waals surface area contributed by atoms with Gasteiger partial charge in [-0.3, -0.25) is 4.79 Å². The Morgan fingerprint density at radius 1 is 1.22 bits per heavy atom. The predicted molar refractivity (Wildman–Crippen MR) is 108 cm³/mol. The molecule has 0 aliphatic rings. The number of amides is 1. The zero-order valence-corrected chi connectivity index (χ0v) is 17.7. The lowest BCUT2D eigenvalue weighted by atomic mass is 10.1. The molecule has 0 heterocycles. The maximum absolute atomic E-state index is 14.5. The Morgan fingerprint density at radius 3 is 2.41 bits per heavy atom. The van der Waals surface area contributed by atoms with Crippen molar-refractivity contribution < 1.29 is 18.3 Å². The first kappa shape index (κ1) is 25.6. The van der Waals surface area contributed by atoms with Crippen molar-refractivity contribution in [3.63, 3.8) is 0 Å². The van der Waals surface area contributed by atoms with Gasteiger partial charge in [-0.15, -0.1) is 12.4 Å². The quantitative estimate of drug-likeness (QED) is 0.545. The van der Waals surface area contributed by atoms with E-state index < -0.39 is 12.5 Å². The first-order valence-electron chi connectivity index (χ1n) is 9.32. The average molecular weight is 407 g/mol. The minimum absolute atomic E-state index is 0. The molecule has 4 nitrogen and oxygen atoms in total. The van der Waals surface area contributed by atoms with Gasteiger partial charge in [0.1, 0.15) is 5.75 Å². The number of benzene rings is 1. The Hall–Kier alpha value is -1.40. The van der Waals surface area contributed by atoms with E-state index in [1.54, 1.807) is 17.0 Å². The number of carbonyl (C=O) groups excluding carboxylic acids is 1. The number of unbranched alkanes of at least 4 members (excludes halogenated alkanes) is 1. The van der Waals surface area contributed by atoms with Gasteiger partial charge in [-0.25, -0.2) is 0 Å². The predicted octanol–water partition coefficient (Wildman–Crippen LogP) is 4.61. The van der Waals surface area contributed by atoms with Crippen molar-refractivity contribution in [3.8, 4) is 5.75 Å². The summed E-state index contributed by atoms with van der Waals surface area (Å²) in [5.74, 6) is -2.81. The van der Waals surface area contributed by atoms with Crippen LogP contribution in [0.3, 0.4) is 0 Å². The molecule has 1 amide bonds. The van der Waals surface area contributed by atoms with Crippen LogP contribution >= 0.6 is 12.4 Å². The summed E-state index contributed by atoms with van der Waals surface area (Å²) in [7, 11) is 0. The van der Waals surface area contributed by atoms with Gasteiger partial charge >= 0.3 is 0 Å². The SMILES string of the molecule is CCCCOc1cccc(C(F)(F)CNCC(=O)N(C(C)C)C(C)C)c1.Cl. The highest BCUT2D eigenvalue weighted by atomic mass is 35.5. The monoisotopic (exact) mass is 406 g/mol. The van der Waals surface area contributed by atoms with Gasteiger partial charge < -0.3 is 15.0 Å². The molecule has 0 unspecified atom stereocenters. The summed E-state index contributed by atoms with van der Waals surface area (Å²) in [6.07, 6.45) is 1.87. The van der Waals surface area contributed by atoms with Gasteiger partial charge in [0.05, 0.1) is 19.7 Å². The molecule has 27 heavy (non-hydrogen) atoms. The number of ether oxygens (including phenoxy) is 1. The van der Waals surface area contributed by atoms with Gasteiger partial charge in [0.15, 0.2) is 0 Å². The third kappa shape index (κ3) is 8.43. The molecule has 1 aromatic rings. The van der Waals surface area contributed by atoms with E-state index in [1.807, 2.05) is 34.6 Å². The molecule has 0 aliphatic carbocycles. The highest BCUT2D eigenvalue weighted by Gasteiger charge is 2.32. The summed E-state index contributed by atoms with van der Waals surface area (Å²) in [6.45, 7) is 9.50. The first-order chi connectivity index (χ1) is 12.2. The van der Waals surface area contributed by atoms with Crippen LogP contribution in [-0.4, -0.2) is 42.6 Å². The topological polar surface area (TPSA) is 41.6 Å².